The summed E-state index contributed by atoms with van der Waals surface area (Å²) in [6.07, 6.45) is 8.03. The van der Waals surface area contributed by atoms with Crippen LogP contribution in [0.25, 0.3) is 16.6 Å². The number of aryl methyl sites for hydroxylation is 1. The van der Waals surface area contributed by atoms with Crippen LogP contribution in [0.4, 0.5) is 0 Å². The summed E-state index contributed by atoms with van der Waals surface area (Å²) in [5.74, 6) is 1.76. The van der Waals surface area contributed by atoms with Gasteiger partial charge < -0.3 is 9.32 Å². The summed E-state index contributed by atoms with van der Waals surface area (Å²) in [6.45, 7) is 2.31. The van der Waals surface area contributed by atoms with Crippen molar-refractivity contribution in [1.29, 1.82) is 0 Å². The summed E-state index contributed by atoms with van der Waals surface area (Å²) in [4.78, 5) is 24.5. The van der Waals surface area contributed by atoms with Crippen LogP contribution < -0.4 is 0 Å². The molecule has 0 unspecified atom stereocenters. The highest BCUT2D eigenvalue weighted by Crippen LogP contribution is 2.27. The molecule has 1 aliphatic carbocycles. The molecule has 3 heterocycles. The van der Waals surface area contributed by atoms with E-state index in [2.05, 4.69) is 16.2 Å². The van der Waals surface area contributed by atoms with Gasteiger partial charge in [0, 0.05) is 11.1 Å². The highest BCUT2D eigenvalue weighted by molar-refractivity contribution is 7.99. The summed E-state index contributed by atoms with van der Waals surface area (Å²) in [6, 6.07) is 11.6. The lowest BCUT2D eigenvalue weighted by Gasteiger charge is -2.27. The third-order valence-corrected chi connectivity index (χ3v) is 6.30. The van der Waals surface area contributed by atoms with Gasteiger partial charge in [-0.2, -0.15) is 4.52 Å². The average molecular weight is 434 g/mol. The van der Waals surface area contributed by atoms with Gasteiger partial charge in [-0.25, -0.2) is 9.97 Å². The number of benzene rings is 1. The van der Waals surface area contributed by atoms with Gasteiger partial charge in [0.2, 0.25) is 5.91 Å². The molecule has 1 aromatic carbocycles. The van der Waals surface area contributed by atoms with Crippen LogP contribution in [0.15, 0.2) is 64.0 Å². The molecular weight excluding hydrogens is 410 g/mol. The van der Waals surface area contributed by atoms with E-state index in [1.807, 2.05) is 48.2 Å². The number of rotatable bonds is 6. The molecule has 1 aliphatic rings. The second-order valence-corrected chi connectivity index (χ2v) is 8.54. The number of fused-ring (bicyclic) bond motifs is 3. The van der Waals surface area contributed by atoms with Crippen molar-refractivity contribution < 1.29 is 9.21 Å². The summed E-state index contributed by atoms with van der Waals surface area (Å²) in [5, 5.41) is 6.12. The van der Waals surface area contributed by atoms with E-state index in [9.17, 15) is 4.79 Å². The molecule has 31 heavy (non-hydrogen) atoms. The molecule has 5 rings (SSSR count). The molecule has 7 nitrogen and oxygen atoms in total. The fourth-order valence-electron chi connectivity index (χ4n) is 3.91. The van der Waals surface area contributed by atoms with Crippen LogP contribution in [0.2, 0.25) is 0 Å². The molecule has 158 valence electrons. The normalized spacial score (nSPS) is 14.2. The fourth-order valence-corrected chi connectivity index (χ4v) is 4.73. The minimum atomic E-state index is 0.0366. The molecule has 8 heteroatoms. The number of carbonyl (C=O) groups excluding carboxylic acids is 1. The second-order valence-electron chi connectivity index (χ2n) is 7.60. The predicted octanol–water partition coefficient (Wildman–Crippen LogP) is 4.76. The third kappa shape index (κ3) is 4.07. The summed E-state index contributed by atoms with van der Waals surface area (Å²) < 4.78 is 7.26. The molecule has 0 radical (unpaired) electrons. The van der Waals surface area contributed by atoms with Crippen molar-refractivity contribution >= 4 is 34.2 Å². The van der Waals surface area contributed by atoms with E-state index in [1.54, 1.807) is 10.8 Å². The zero-order chi connectivity index (χ0) is 21.2. The van der Waals surface area contributed by atoms with E-state index >= 15 is 0 Å². The number of hydrogen-bond acceptors (Lipinski definition) is 6. The molecule has 0 fully saturated rings. The Kier molecular flexibility index (Phi) is 5.46. The Morgan fingerprint density at radius 2 is 2.10 bits per heavy atom. The molecule has 3 aromatic heterocycles. The van der Waals surface area contributed by atoms with Gasteiger partial charge in [-0.1, -0.05) is 30.0 Å². The highest BCUT2D eigenvalue weighted by atomic mass is 32.2. The van der Waals surface area contributed by atoms with E-state index in [0.29, 0.717) is 17.5 Å². The Hall–Kier alpha value is -3.13. The first-order valence-electron chi connectivity index (χ1n) is 10.5. The number of furan rings is 1. The molecule has 0 saturated heterocycles. The van der Waals surface area contributed by atoms with Gasteiger partial charge in [0.05, 0.1) is 24.1 Å². The molecule has 1 amide bonds. The highest BCUT2D eigenvalue weighted by Gasteiger charge is 2.22. The first-order chi connectivity index (χ1) is 15.2. The van der Waals surface area contributed by atoms with Crippen molar-refractivity contribution in [1.82, 2.24) is 24.5 Å². The number of aromatic nitrogens is 4. The van der Waals surface area contributed by atoms with E-state index in [0.717, 1.165) is 47.3 Å². The average Bonchev–Trinajstić information content (AvgIpc) is 3.45. The topological polar surface area (TPSA) is 76.5 Å². The number of carbonyl (C=O) groups is 1. The Labute approximate surface area is 184 Å². The minimum Gasteiger partial charge on any atom is -0.467 e. The zero-order valence-electron chi connectivity index (χ0n) is 17.3. The molecule has 4 aromatic rings. The molecule has 0 atom stereocenters. The van der Waals surface area contributed by atoms with Crippen LogP contribution in [0.3, 0.4) is 0 Å². The Balaban J connectivity index is 1.42. The number of para-hydroxylation sites is 1. The zero-order valence-corrected chi connectivity index (χ0v) is 18.1. The number of allylic oxidation sites excluding steroid dienone is 2. The van der Waals surface area contributed by atoms with Crippen molar-refractivity contribution in [2.24, 2.45) is 0 Å². The molecule has 0 spiro atoms. The summed E-state index contributed by atoms with van der Waals surface area (Å²) in [5.41, 5.74) is 2.70. The lowest BCUT2D eigenvalue weighted by molar-refractivity contribution is -0.127. The SMILES string of the molecule is Cc1nc2c3ccccc3nc(SCC(=O)N(Cc3ccco3)C3=CCCCC3)n2n1. The largest absolute Gasteiger partial charge is 0.467 e. The van der Waals surface area contributed by atoms with Gasteiger partial charge >= 0.3 is 0 Å². The van der Waals surface area contributed by atoms with E-state index in [-0.39, 0.29) is 11.7 Å². The van der Waals surface area contributed by atoms with Crippen LogP contribution in [-0.4, -0.2) is 36.1 Å². The van der Waals surface area contributed by atoms with Gasteiger partial charge in [0.25, 0.3) is 0 Å². The molecule has 0 saturated carbocycles. The Morgan fingerprint density at radius 1 is 1.19 bits per heavy atom. The quantitative estimate of drug-likeness (QED) is 0.322. The van der Waals surface area contributed by atoms with Crippen LogP contribution in [0.1, 0.15) is 37.3 Å². The van der Waals surface area contributed by atoms with Crippen molar-refractivity contribution in [2.45, 2.75) is 44.3 Å². The smallest absolute Gasteiger partial charge is 0.237 e. The maximum absolute atomic E-state index is 13.3. The predicted molar refractivity (Wildman–Crippen MR) is 120 cm³/mol. The van der Waals surface area contributed by atoms with E-state index < -0.39 is 0 Å². The lowest BCUT2D eigenvalue weighted by atomic mass is 10.0. The van der Waals surface area contributed by atoms with Gasteiger partial charge in [-0.15, -0.1) is 5.10 Å². The third-order valence-electron chi connectivity index (χ3n) is 5.39. The Bertz CT molecular complexity index is 1260. The van der Waals surface area contributed by atoms with Crippen molar-refractivity contribution in [3.05, 3.63) is 66.0 Å². The summed E-state index contributed by atoms with van der Waals surface area (Å²) in [7, 11) is 0. The fraction of sp³-hybridized carbons (Fsp3) is 0.304. The lowest BCUT2D eigenvalue weighted by Crippen LogP contribution is -2.32. The van der Waals surface area contributed by atoms with Gasteiger partial charge in [-0.3, -0.25) is 4.79 Å². The molecule has 0 bridgehead atoms. The van der Waals surface area contributed by atoms with Crippen LogP contribution in [0, 0.1) is 6.92 Å². The maximum Gasteiger partial charge on any atom is 0.237 e. The van der Waals surface area contributed by atoms with Gasteiger partial charge in [0.15, 0.2) is 10.8 Å². The second kappa shape index (κ2) is 8.55. The molecular formula is C23H23N5O2S. The maximum atomic E-state index is 13.3. The van der Waals surface area contributed by atoms with Gasteiger partial charge in [0.1, 0.15) is 11.6 Å². The Morgan fingerprint density at radius 3 is 2.90 bits per heavy atom. The molecule has 0 N–H and O–H groups in total. The number of amides is 1. The van der Waals surface area contributed by atoms with Gasteiger partial charge in [-0.05, 0) is 56.9 Å². The van der Waals surface area contributed by atoms with Crippen molar-refractivity contribution in [3.8, 4) is 0 Å². The standard InChI is InChI=1S/C23H23N5O2S/c1-16-24-22-19-11-5-6-12-20(19)25-23(28(22)26-16)31-15-21(29)27(14-18-10-7-13-30-18)17-8-3-2-4-9-17/h5-8,10-13H,2-4,9,14-15H2,1H3. The summed E-state index contributed by atoms with van der Waals surface area (Å²) >= 11 is 1.39. The van der Waals surface area contributed by atoms with Crippen LogP contribution in [0.5, 0.6) is 0 Å². The van der Waals surface area contributed by atoms with Crippen LogP contribution in [-0.2, 0) is 11.3 Å². The van der Waals surface area contributed by atoms with Crippen molar-refractivity contribution in [2.75, 3.05) is 5.75 Å². The van der Waals surface area contributed by atoms with Crippen LogP contribution >= 0.6 is 11.8 Å². The van der Waals surface area contributed by atoms with E-state index in [1.165, 1.54) is 18.2 Å². The number of nitrogens with zero attached hydrogens (tertiary/aromatic N) is 5. The minimum absolute atomic E-state index is 0.0366. The number of hydrogen-bond donors (Lipinski definition) is 0. The number of thioether (sulfide) groups is 1. The monoisotopic (exact) mass is 433 g/mol. The van der Waals surface area contributed by atoms with E-state index in [4.69, 9.17) is 9.40 Å². The van der Waals surface area contributed by atoms with Crippen molar-refractivity contribution in [3.63, 3.8) is 0 Å². The molecule has 0 aliphatic heterocycles. The first-order valence-corrected chi connectivity index (χ1v) is 11.4. The first kappa shape index (κ1) is 19.8.